The maximum atomic E-state index is 13.4. The first-order valence-electron chi connectivity index (χ1n) is 10.7. The smallest absolute Gasteiger partial charge is 0.271 e. The van der Waals surface area contributed by atoms with Crippen LogP contribution >= 0.6 is 23.4 Å². The Morgan fingerprint density at radius 3 is 2.50 bits per heavy atom. The first-order valence-corrected chi connectivity index (χ1v) is 11.9. The molecule has 1 saturated heterocycles. The summed E-state index contributed by atoms with van der Waals surface area (Å²) in [5.74, 6) is 2.03. The van der Waals surface area contributed by atoms with E-state index in [4.69, 9.17) is 30.8 Å². The second-order valence-corrected chi connectivity index (χ2v) is 9.02. The number of benzene rings is 3. The van der Waals surface area contributed by atoms with E-state index in [1.165, 1.54) is 11.8 Å². The molecule has 0 atom stereocenters. The summed E-state index contributed by atoms with van der Waals surface area (Å²) in [5, 5.41) is 1.21. The normalized spacial score (nSPS) is 17.5. The molecule has 172 valence electrons. The molecule has 0 saturated carbocycles. The summed E-state index contributed by atoms with van der Waals surface area (Å²) in [4.78, 5) is 20.4. The first-order chi connectivity index (χ1) is 16.6. The summed E-state index contributed by atoms with van der Waals surface area (Å²) in [6.07, 6.45) is 1.85. The highest BCUT2D eigenvalue weighted by molar-refractivity contribution is 8.19. The SMILES string of the molecule is COc1ccc(CN=C2S/C(=C\c3ccc4c(c3)OCCO4)C(=O)N2c2ccc(Cl)cc2)cc1. The maximum absolute atomic E-state index is 13.4. The van der Waals surface area contributed by atoms with Crippen LogP contribution < -0.4 is 19.1 Å². The van der Waals surface area contributed by atoms with Gasteiger partial charge in [0, 0.05) is 5.02 Å². The van der Waals surface area contributed by atoms with Crippen LogP contribution in [0.1, 0.15) is 11.1 Å². The minimum absolute atomic E-state index is 0.143. The van der Waals surface area contributed by atoms with Crippen molar-refractivity contribution in [3.05, 3.63) is 87.8 Å². The fourth-order valence-corrected chi connectivity index (χ4v) is 4.69. The van der Waals surface area contributed by atoms with E-state index in [1.807, 2.05) is 60.7 Å². The Labute approximate surface area is 206 Å². The average Bonchev–Trinajstić information content (AvgIpc) is 3.18. The Morgan fingerprint density at radius 1 is 1.03 bits per heavy atom. The highest BCUT2D eigenvalue weighted by atomic mass is 35.5. The van der Waals surface area contributed by atoms with Gasteiger partial charge in [-0.25, -0.2) is 0 Å². The van der Waals surface area contributed by atoms with E-state index >= 15 is 0 Å². The van der Waals surface area contributed by atoms with Gasteiger partial charge in [0.15, 0.2) is 16.7 Å². The van der Waals surface area contributed by atoms with Crippen molar-refractivity contribution in [1.82, 2.24) is 0 Å². The second kappa shape index (κ2) is 9.83. The maximum Gasteiger partial charge on any atom is 0.271 e. The molecule has 0 unspecified atom stereocenters. The molecule has 2 aliphatic heterocycles. The van der Waals surface area contributed by atoms with E-state index in [9.17, 15) is 4.79 Å². The second-order valence-electron chi connectivity index (χ2n) is 7.58. The number of ether oxygens (including phenoxy) is 3. The fraction of sp³-hybridized carbons (Fsp3) is 0.154. The van der Waals surface area contributed by atoms with Crippen molar-refractivity contribution in [3.8, 4) is 17.2 Å². The minimum atomic E-state index is -0.143. The number of amidine groups is 1. The molecule has 3 aromatic carbocycles. The number of nitrogens with zero attached hydrogens (tertiary/aromatic N) is 2. The highest BCUT2D eigenvalue weighted by Gasteiger charge is 2.34. The molecule has 2 heterocycles. The number of methoxy groups -OCH3 is 1. The van der Waals surface area contributed by atoms with Crippen molar-refractivity contribution in [3.63, 3.8) is 0 Å². The lowest BCUT2D eigenvalue weighted by molar-refractivity contribution is -0.113. The molecule has 0 bridgehead atoms. The van der Waals surface area contributed by atoms with Crippen LogP contribution in [-0.2, 0) is 11.3 Å². The fourth-order valence-electron chi connectivity index (χ4n) is 3.59. The quantitative estimate of drug-likeness (QED) is 0.421. The standard InChI is InChI=1S/C26H21ClN2O4S/c1-31-21-9-2-17(3-10-21)16-28-26-29(20-7-5-19(27)6-8-20)25(30)24(34-26)15-18-4-11-22-23(14-18)33-13-12-32-22/h2-11,14-15H,12-13,16H2,1H3/b24-15-,28-26?. The molecule has 0 aromatic heterocycles. The van der Waals surface area contributed by atoms with Gasteiger partial charge in [-0.15, -0.1) is 0 Å². The van der Waals surface area contributed by atoms with Gasteiger partial charge in [-0.2, -0.15) is 0 Å². The Morgan fingerprint density at radius 2 is 1.76 bits per heavy atom. The zero-order valence-electron chi connectivity index (χ0n) is 18.4. The number of rotatable bonds is 5. The third-order valence-corrected chi connectivity index (χ3v) is 6.57. The molecular formula is C26H21ClN2O4S. The number of fused-ring (bicyclic) bond motifs is 1. The number of carbonyl (C=O) groups excluding carboxylic acids is 1. The monoisotopic (exact) mass is 492 g/mol. The first kappa shape index (κ1) is 22.4. The molecule has 0 spiro atoms. The molecular weight excluding hydrogens is 472 g/mol. The average molecular weight is 493 g/mol. The van der Waals surface area contributed by atoms with Crippen LogP contribution in [0, 0.1) is 0 Å². The zero-order valence-corrected chi connectivity index (χ0v) is 19.9. The number of carbonyl (C=O) groups is 1. The molecule has 34 heavy (non-hydrogen) atoms. The molecule has 1 amide bonds. The van der Waals surface area contributed by atoms with Gasteiger partial charge in [-0.3, -0.25) is 14.7 Å². The van der Waals surface area contributed by atoms with Crippen molar-refractivity contribution < 1.29 is 19.0 Å². The van der Waals surface area contributed by atoms with E-state index in [1.54, 1.807) is 24.1 Å². The largest absolute Gasteiger partial charge is 0.497 e. The third-order valence-electron chi connectivity index (χ3n) is 5.31. The van der Waals surface area contributed by atoms with Gasteiger partial charge in [0.25, 0.3) is 5.91 Å². The summed E-state index contributed by atoms with van der Waals surface area (Å²) in [6.45, 7) is 1.47. The lowest BCUT2D eigenvalue weighted by Crippen LogP contribution is -2.28. The predicted octanol–water partition coefficient (Wildman–Crippen LogP) is 5.80. The minimum Gasteiger partial charge on any atom is -0.497 e. The number of hydrogen-bond donors (Lipinski definition) is 0. The van der Waals surface area contributed by atoms with E-state index in [0.717, 1.165) is 16.9 Å². The van der Waals surface area contributed by atoms with Gasteiger partial charge in [0.1, 0.15) is 19.0 Å². The van der Waals surface area contributed by atoms with Crippen molar-refractivity contribution in [2.45, 2.75) is 6.54 Å². The van der Waals surface area contributed by atoms with Gasteiger partial charge < -0.3 is 14.2 Å². The van der Waals surface area contributed by atoms with Crippen LogP contribution in [0.15, 0.2) is 76.6 Å². The number of anilines is 1. The number of thioether (sulfide) groups is 1. The molecule has 0 radical (unpaired) electrons. The highest BCUT2D eigenvalue weighted by Crippen LogP contribution is 2.38. The number of aliphatic imine (C=N–C) groups is 1. The Hall–Kier alpha value is -3.42. The summed E-state index contributed by atoms with van der Waals surface area (Å²) in [6, 6.07) is 20.5. The lowest BCUT2D eigenvalue weighted by Gasteiger charge is -2.18. The molecule has 8 heteroatoms. The van der Waals surface area contributed by atoms with E-state index in [0.29, 0.717) is 52.0 Å². The molecule has 3 aromatic rings. The zero-order chi connectivity index (χ0) is 23.5. The van der Waals surface area contributed by atoms with E-state index in [-0.39, 0.29) is 5.91 Å². The third kappa shape index (κ3) is 4.76. The molecule has 0 N–H and O–H groups in total. The van der Waals surface area contributed by atoms with Crippen LogP contribution in [-0.4, -0.2) is 31.4 Å². The van der Waals surface area contributed by atoms with Crippen molar-refractivity contribution in [2.24, 2.45) is 4.99 Å². The predicted molar refractivity (Wildman–Crippen MR) is 136 cm³/mol. The van der Waals surface area contributed by atoms with Crippen molar-refractivity contribution in [2.75, 3.05) is 25.2 Å². The number of amides is 1. The Kier molecular flexibility index (Phi) is 6.47. The van der Waals surface area contributed by atoms with Crippen LogP contribution in [0.25, 0.3) is 6.08 Å². The molecule has 1 fully saturated rings. The van der Waals surface area contributed by atoms with Gasteiger partial charge in [0.05, 0.1) is 24.2 Å². The molecule has 0 aliphatic carbocycles. The number of halogens is 1. The van der Waals surface area contributed by atoms with Crippen molar-refractivity contribution in [1.29, 1.82) is 0 Å². The van der Waals surface area contributed by atoms with Gasteiger partial charge in [-0.1, -0.05) is 29.8 Å². The topological polar surface area (TPSA) is 60.4 Å². The summed E-state index contributed by atoms with van der Waals surface area (Å²) < 4.78 is 16.5. The number of hydrogen-bond acceptors (Lipinski definition) is 6. The molecule has 6 nitrogen and oxygen atoms in total. The Bertz CT molecular complexity index is 1270. The van der Waals surface area contributed by atoms with Gasteiger partial charge >= 0.3 is 0 Å². The molecule has 2 aliphatic rings. The van der Waals surface area contributed by atoms with Gasteiger partial charge in [-0.05, 0) is 77.5 Å². The lowest BCUT2D eigenvalue weighted by atomic mass is 10.1. The van der Waals surface area contributed by atoms with Crippen LogP contribution in [0.5, 0.6) is 17.2 Å². The van der Waals surface area contributed by atoms with Gasteiger partial charge in [0.2, 0.25) is 0 Å². The van der Waals surface area contributed by atoms with Crippen LogP contribution in [0.4, 0.5) is 5.69 Å². The Balaban J connectivity index is 1.46. The summed E-state index contributed by atoms with van der Waals surface area (Å²) >= 11 is 7.41. The summed E-state index contributed by atoms with van der Waals surface area (Å²) in [5.41, 5.74) is 2.58. The van der Waals surface area contributed by atoms with Crippen LogP contribution in [0.2, 0.25) is 5.02 Å². The molecule has 5 rings (SSSR count). The van der Waals surface area contributed by atoms with E-state index in [2.05, 4.69) is 0 Å². The van der Waals surface area contributed by atoms with Crippen molar-refractivity contribution >= 4 is 46.2 Å². The van der Waals surface area contributed by atoms with Crippen LogP contribution in [0.3, 0.4) is 0 Å². The summed E-state index contributed by atoms with van der Waals surface area (Å²) in [7, 11) is 1.63. The van der Waals surface area contributed by atoms with E-state index < -0.39 is 0 Å².